The largest absolute Gasteiger partial charge is 0.373 e. The van der Waals surface area contributed by atoms with Gasteiger partial charge in [0.25, 0.3) is 0 Å². The zero-order valence-electron chi connectivity index (χ0n) is 19.7. The lowest BCUT2D eigenvalue weighted by Crippen LogP contribution is -2.49. The average molecular weight is 411 g/mol. The van der Waals surface area contributed by atoms with E-state index in [-0.39, 0.29) is 17.4 Å². The SMILES string of the molecule is C=CC(=O)NC(C)(C)CC(C)(C)OCCOC(C)(CC)CC(C)(C)NC(=O)C=C. The normalized spacial score (nSPS) is 14.6. The first-order valence-corrected chi connectivity index (χ1v) is 10.3. The molecule has 2 N–H and O–H groups in total. The van der Waals surface area contributed by atoms with Gasteiger partial charge >= 0.3 is 0 Å². The van der Waals surface area contributed by atoms with E-state index >= 15 is 0 Å². The van der Waals surface area contributed by atoms with Crippen LogP contribution in [0.2, 0.25) is 0 Å². The molecule has 0 aliphatic carbocycles. The highest BCUT2D eigenvalue weighted by Crippen LogP contribution is 2.28. The minimum absolute atomic E-state index is 0.190. The number of hydrogen-bond donors (Lipinski definition) is 2. The molecule has 1 atom stereocenters. The summed E-state index contributed by atoms with van der Waals surface area (Å²) in [6, 6.07) is 0. The lowest BCUT2D eigenvalue weighted by Gasteiger charge is -2.38. The number of amides is 2. The molecule has 29 heavy (non-hydrogen) atoms. The van der Waals surface area contributed by atoms with Crippen LogP contribution in [-0.4, -0.2) is 47.3 Å². The van der Waals surface area contributed by atoms with Crippen LogP contribution in [0.4, 0.5) is 0 Å². The Bertz CT molecular complexity index is 581. The van der Waals surface area contributed by atoms with Crippen molar-refractivity contribution in [3.63, 3.8) is 0 Å². The van der Waals surface area contributed by atoms with Crippen LogP contribution < -0.4 is 10.6 Å². The zero-order chi connectivity index (χ0) is 22.9. The molecular formula is C23H42N2O4. The van der Waals surface area contributed by atoms with E-state index < -0.39 is 16.7 Å². The van der Waals surface area contributed by atoms with E-state index in [9.17, 15) is 9.59 Å². The quantitative estimate of drug-likeness (QED) is 0.336. The van der Waals surface area contributed by atoms with Gasteiger partial charge in [-0.05, 0) is 79.9 Å². The molecule has 0 saturated heterocycles. The number of nitrogens with one attached hydrogen (secondary N) is 2. The number of hydrogen-bond acceptors (Lipinski definition) is 4. The Balaban J connectivity index is 4.66. The molecule has 0 radical (unpaired) electrons. The first kappa shape index (κ1) is 27.3. The van der Waals surface area contributed by atoms with Crippen molar-refractivity contribution < 1.29 is 19.1 Å². The molecule has 2 amide bonds. The maximum absolute atomic E-state index is 11.7. The van der Waals surface area contributed by atoms with Gasteiger partial charge in [-0.1, -0.05) is 20.1 Å². The van der Waals surface area contributed by atoms with Crippen molar-refractivity contribution in [2.24, 2.45) is 0 Å². The Labute approximate surface area is 177 Å². The fourth-order valence-corrected chi connectivity index (χ4v) is 3.79. The monoisotopic (exact) mass is 410 g/mol. The molecule has 168 valence electrons. The van der Waals surface area contributed by atoms with E-state index in [4.69, 9.17) is 9.47 Å². The van der Waals surface area contributed by atoms with Crippen LogP contribution >= 0.6 is 0 Å². The third-order valence-electron chi connectivity index (χ3n) is 4.75. The molecule has 0 heterocycles. The summed E-state index contributed by atoms with van der Waals surface area (Å²) in [4.78, 5) is 23.2. The second kappa shape index (κ2) is 10.9. The van der Waals surface area contributed by atoms with Gasteiger partial charge in [0.15, 0.2) is 0 Å². The van der Waals surface area contributed by atoms with Crippen molar-refractivity contribution in [2.75, 3.05) is 13.2 Å². The lowest BCUT2D eigenvalue weighted by molar-refractivity contribution is -0.123. The van der Waals surface area contributed by atoms with Crippen molar-refractivity contribution in [1.82, 2.24) is 10.6 Å². The summed E-state index contributed by atoms with van der Waals surface area (Å²) in [7, 11) is 0. The van der Waals surface area contributed by atoms with Gasteiger partial charge in [0.05, 0.1) is 24.4 Å². The molecule has 0 aromatic carbocycles. The summed E-state index contributed by atoms with van der Waals surface area (Å²) < 4.78 is 12.2. The van der Waals surface area contributed by atoms with Gasteiger partial charge in [0.2, 0.25) is 11.8 Å². The third kappa shape index (κ3) is 11.8. The van der Waals surface area contributed by atoms with Crippen LogP contribution in [0.15, 0.2) is 25.3 Å². The smallest absolute Gasteiger partial charge is 0.243 e. The van der Waals surface area contributed by atoms with Gasteiger partial charge in [0, 0.05) is 11.1 Å². The Kier molecular flexibility index (Phi) is 10.3. The number of carbonyl (C=O) groups excluding carboxylic acids is 2. The number of ether oxygens (including phenoxy) is 2. The molecule has 0 aliphatic heterocycles. The summed E-state index contributed by atoms with van der Waals surface area (Å²) in [5.74, 6) is -0.385. The van der Waals surface area contributed by atoms with Gasteiger partial charge in [-0.3, -0.25) is 9.59 Å². The molecule has 0 aliphatic rings. The molecule has 0 aromatic rings. The predicted octanol–water partition coefficient (Wildman–Crippen LogP) is 3.91. The van der Waals surface area contributed by atoms with E-state index in [0.717, 1.165) is 6.42 Å². The first-order valence-electron chi connectivity index (χ1n) is 10.3. The summed E-state index contributed by atoms with van der Waals surface area (Å²) in [5, 5.41) is 5.87. The van der Waals surface area contributed by atoms with Crippen molar-refractivity contribution in [3.05, 3.63) is 25.3 Å². The van der Waals surface area contributed by atoms with Crippen LogP contribution in [0, 0.1) is 0 Å². The Morgan fingerprint density at radius 3 is 1.62 bits per heavy atom. The Morgan fingerprint density at radius 2 is 1.21 bits per heavy atom. The van der Waals surface area contributed by atoms with Crippen molar-refractivity contribution in [2.45, 2.75) is 96.9 Å². The Hall–Kier alpha value is -1.66. The Morgan fingerprint density at radius 1 is 0.793 bits per heavy atom. The number of carbonyl (C=O) groups is 2. The van der Waals surface area contributed by atoms with Gasteiger partial charge in [0.1, 0.15) is 0 Å². The van der Waals surface area contributed by atoms with Crippen molar-refractivity contribution >= 4 is 11.8 Å². The second-order valence-electron chi connectivity index (χ2n) is 9.77. The van der Waals surface area contributed by atoms with Gasteiger partial charge in [-0.2, -0.15) is 0 Å². The molecule has 0 rings (SSSR count). The van der Waals surface area contributed by atoms with Crippen LogP contribution in [0.3, 0.4) is 0 Å². The molecular weight excluding hydrogens is 368 g/mol. The van der Waals surface area contributed by atoms with Gasteiger partial charge in [-0.25, -0.2) is 0 Å². The van der Waals surface area contributed by atoms with Crippen LogP contribution in [0.1, 0.15) is 74.7 Å². The average Bonchev–Trinajstić information content (AvgIpc) is 2.56. The van der Waals surface area contributed by atoms with E-state index in [0.29, 0.717) is 26.1 Å². The van der Waals surface area contributed by atoms with Crippen LogP contribution in [0.25, 0.3) is 0 Å². The molecule has 0 aromatic heterocycles. The summed E-state index contributed by atoms with van der Waals surface area (Å²) in [6.07, 6.45) is 4.67. The maximum Gasteiger partial charge on any atom is 0.243 e. The summed E-state index contributed by atoms with van der Waals surface area (Å²) in [5.41, 5.74) is -1.64. The van der Waals surface area contributed by atoms with E-state index in [1.807, 2.05) is 48.5 Å². The summed E-state index contributed by atoms with van der Waals surface area (Å²) in [6.45, 7) is 23.9. The zero-order valence-corrected chi connectivity index (χ0v) is 19.7. The molecule has 1 unspecified atom stereocenters. The second-order valence-corrected chi connectivity index (χ2v) is 9.77. The van der Waals surface area contributed by atoms with Crippen molar-refractivity contribution in [3.8, 4) is 0 Å². The molecule has 6 nitrogen and oxygen atoms in total. The first-order chi connectivity index (χ1) is 13.1. The highest BCUT2D eigenvalue weighted by molar-refractivity contribution is 5.87. The third-order valence-corrected chi connectivity index (χ3v) is 4.75. The summed E-state index contributed by atoms with van der Waals surface area (Å²) >= 11 is 0. The van der Waals surface area contributed by atoms with E-state index in [1.165, 1.54) is 12.2 Å². The fraction of sp³-hybridized carbons (Fsp3) is 0.739. The minimum atomic E-state index is -0.429. The molecule has 0 fully saturated rings. The minimum Gasteiger partial charge on any atom is -0.373 e. The number of rotatable bonds is 14. The van der Waals surface area contributed by atoms with Crippen molar-refractivity contribution in [1.29, 1.82) is 0 Å². The predicted molar refractivity (Wildman–Crippen MR) is 119 cm³/mol. The molecule has 6 heteroatoms. The standard InChI is InChI=1S/C23H42N2O4/c1-11-18(26)24-20(4,5)16-22(8,9)28-14-15-29-23(10,13-3)17-21(6,7)25-19(27)12-2/h11-12H,1-2,13-17H2,3-10H3,(H,24,26)(H,25,27). The van der Waals surface area contributed by atoms with Gasteiger partial charge in [-0.15, -0.1) is 0 Å². The molecule has 0 bridgehead atoms. The fourth-order valence-electron chi connectivity index (χ4n) is 3.79. The van der Waals surface area contributed by atoms with E-state index in [1.54, 1.807) is 0 Å². The molecule has 0 saturated carbocycles. The highest BCUT2D eigenvalue weighted by atomic mass is 16.5. The topological polar surface area (TPSA) is 76.7 Å². The van der Waals surface area contributed by atoms with Crippen LogP contribution in [-0.2, 0) is 19.1 Å². The highest BCUT2D eigenvalue weighted by Gasteiger charge is 2.34. The van der Waals surface area contributed by atoms with E-state index in [2.05, 4.69) is 30.7 Å². The lowest BCUT2D eigenvalue weighted by atomic mass is 9.86. The van der Waals surface area contributed by atoms with Gasteiger partial charge < -0.3 is 20.1 Å². The molecule has 0 spiro atoms. The van der Waals surface area contributed by atoms with Crippen LogP contribution in [0.5, 0.6) is 0 Å². The maximum atomic E-state index is 11.7.